The van der Waals surface area contributed by atoms with Crippen LogP contribution in [0.5, 0.6) is 5.75 Å². The van der Waals surface area contributed by atoms with Crippen molar-refractivity contribution in [3.63, 3.8) is 0 Å². The highest BCUT2D eigenvalue weighted by atomic mass is 28.4. The Balaban J connectivity index is 1.99. The Morgan fingerprint density at radius 2 is 1.56 bits per heavy atom. The quantitative estimate of drug-likeness (QED) is 0.587. The highest BCUT2D eigenvalue weighted by Gasteiger charge is 2.45. The van der Waals surface area contributed by atoms with Gasteiger partial charge in [-0.1, -0.05) is 20.8 Å². The van der Waals surface area contributed by atoms with E-state index in [4.69, 9.17) is 13.9 Å². The summed E-state index contributed by atoms with van der Waals surface area (Å²) in [6, 6.07) is 6.56. The van der Waals surface area contributed by atoms with Gasteiger partial charge in [0.2, 0.25) is 0 Å². The van der Waals surface area contributed by atoms with Crippen LogP contribution < -0.4 is 4.74 Å². The molecule has 0 spiro atoms. The van der Waals surface area contributed by atoms with Gasteiger partial charge in [-0.25, -0.2) is 4.79 Å². The van der Waals surface area contributed by atoms with Gasteiger partial charge < -0.3 is 24.1 Å². The van der Waals surface area contributed by atoms with Crippen molar-refractivity contribution in [2.75, 3.05) is 7.11 Å². The van der Waals surface area contributed by atoms with Gasteiger partial charge in [-0.15, -0.1) is 0 Å². The average molecular weight is 397 g/mol. The second-order valence-electron chi connectivity index (χ2n) is 8.65. The zero-order valence-corrected chi connectivity index (χ0v) is 18.1. The van der Waals surface area contributed by atoms with E-state index >= 15 is 0 Å². The highest BCUT2D eigenvalue weighted by molar-refractivity contribution is 6.74. The van der Waals surface area contributed by atoms with E-state index in [1.165, 1.54) is 0 Å². The minimum Gasteiger partial charge on any atom is -0.497 e. The summed E-state index contributed by atoms with van der Waals surface area (Å²) >= 11 is 0. The fraction of sp³-hybridized carbons (Fsp3) is 0.650. The standard InChI is InChI=1S/C20H32O6Si/c1-20(2,3)27(5,6)26-16-12-11-15(17(21)18(16)22)25-19(23)13-7-9-14(24-4)10-8-13/h7-10,15-18,21-22H,11-12H2,1-6H3/t15-,16-,17-,18+/m0/s1. The molecule has 0 saturated heterocycles. The molecular formula is C20H32O6Si. The Kier molecular flexibility index (Phi) is 6.73. The molecule has 4 atom stereocenters. The lowest BCUT2D eigenvalue weighted by Crippen LogP contribution is -2.55. The molecule has 0 heterocycles. The fourth-order valence-electron chi connectivity index (χ4n) is 2.86. The monoisotopic (exact) mass is 396 g/mol. The molecule has 1 aromatic rings. The number of esters is 1. The van der Waals surface area contributed by atoms with Crippen molar-refractivity contribution in [2.45, 2.75) is 76.2 Å². The second kappa shape index (κ2) is 8.30. The molecule has 0 aliphatic heterocycles. The molecule has 1 aliphatic rings. The van der Waals surface area contributed by atoms with Crippen LogP contribution >= 0.6 is 0 Å². The Morgan fingerprint density at radius 1 is 1.04 bits per heavy atom. The van der Waals surface area contributed by atoms with Gasteiger partial charge in [-0.05, 0) is 55.2 Å². The van der Waals surface area contributed by atoms with Gasteiger partial charge in [0.15, 0.2) is 8.32 Å². The lowest BCUT2D eigenvalue weighted by molar-refractivity contribution is -0.134. The molecule has 0 bridgehead atoms. The molecule has 1 aromatic carbocycles. The number of hydrogen-bond acceptors (Lipinski definition) is 6. The van der Waals surface area contributed by atoms with Gasteiger partial charge >= 0.3 is 5.97 Å². The van der Waals surface area contributed by atoms with E-state index in [1.807, 2.05) is 0 Å². The van der Waals surface area contributed by atoms with Crippen LogP contribution in [0.1, 0.15) is 44.0 Å². The van der Waals surface area contributed by atoms with E-state index in [1.54, 1.807) is 31.4 Å². The molecule has 6 nitrogen and oxygen atoms in total. The average Bonchev–Trinajstić information content (AvgIpc) is 2.60. The number of methoxy groups -OCH3 is 1. The van der Waals surface area contributed by atoms with Crippen LogP contribution in [0.4, 0.5) is 0 Å². The van der Waals surface area contributed by atoms with Crippen molar-refractivity contribution in [3.8, 4) is 5.75 Å². The lowest BCUT2D eigenvalue weighted by atomic mass is 9.89. The molecule has 2 rings (SSSR count). The Morgan fingerprint density at radius 3 is 2.07 bits per heavy atom. The van der Waals surface area contributed by atoms with Crippen LogP contribution in [0.3, 0.4) is 0 Å². The van der Waals surface area contributed by atoms with E-state index in [0.29, 0.717) is 24.2 Å². The molecule has 27 heavy (non-hydrogen) atoms. The number of carbonyl (C=O) groups is 1. The molecule has 0 amide bonds. The first-order valence-corrected chi connectivity index (χ1v) is 12.3. The van der Waals surface area contributed by atoms with Crippen molar-refractivity contribution in [2.24, 2.45) is 0 Å². The molecular weight excluding hydrogens is 364 g/mol. The lowest BCUT2D eigenvalue weighted by Gasteiger charge is -2.44. The minimum atomic E-state index is -2.07. The second-order valence-corrected chi connectivity index (χ2v) is 13.4. The van der Waals surface area contributed by atoms with Crippen molar-refractivity contribution < 1.29 is 28.9 Å². The predicted octanol–water partition coefficient (Wildman–Crippen LogP) is 3.13. The van der Waals surface area contributed by atoms with Gasteiger partial charge in [0, 0.05) is 0 Å². The summed E-state index contributed by atoms with van der Waals surface area (Å²) in [5, 5.41) is 21.0. The van der Waals surface area contributed by atoms with Gasteiger partial charge in [-0.3, -0.25) is 0 Å². The number of ether oxygens (including phenoxy) is 2. The third-order valence-electron chi connectivity index (χ3n) is 5.68. The van der Waals surface area contributed by atoms with Crippen LogP contribution in [0.2, 0.25) is 18.1 Å². The van der Waals surface area contributed by atoms with Crippen LogP contribution in [-0.4, -0.2) is 56.0 Å². The molecule has 1 aliphatic carbocycles. The summed E-state index contributed by atoms with van der Waals surface area (Å²) in [7, 11) is -0.519. The summed E-state index contributed by atoms with van der Waals surface area (Å²) in [6.07, 6.45) is -2.48. The first kappa shape index (κ1) is 21.9. The van der Waals surface area contributed by atoms with Gasteiger partial charge in [0.1, 0.15) is 24.1 Å². The SMILES string of the molecule is COc1ccc(C(=O)O[C@H]2CC[C@H](O[Si](C)(C)C(C)(C)C)[C@@H](O)[C@H]2O)cc1. The molecule has 1 saturated carbocycles. The Hall–Kier alpha value is -1.41. The van der Waals surface area contributed by atoms with Gasteiger partial charge in [-0.2, -0.15) is 0 Å². The summed E-state index contributed by atoms with van der Waals surface area (Å²) < 4.78 is 16.8. The smallest absolute Gasteiger partial charge is 0.338 e. The molecule has 7 heteroatoms. The zero-order chi connectivity index (χ0) is 20.4. The molecule has 152 valence electrons. The molecule has 1 fully saturated rings. The maximum Gasteiger partial charge on any atom is 0.338 e. The topological polar surface area (TPSA) is 85.2 Å². The van der Waals surface area contributed by atoms with E-state index in [-0.39, 0.29) is 5.04 Å². The third kappa shape index (κ3) is 5.10. The van der Waals surface area contributed by atoms with Crippen molar-refractivity contribution in [1.82, 2.24) is 0 Å². The molecule has 0 radical (unpaired) electrons. The van der Waals surface area contributed by atoms with Gasteiger partial charge in [0.05, 0.1) is 18.8 Å². The zero-order valence-electron chi connectivity index (χ0n) is 17.1. The number of benzene rings is 1. The Labute approximate surface area is 162 Å². The Bertz CT molecular complexity index is 637. The fourth-order valence-corrected chi connectivity index (χ4v) is 4.22. The summed E-state index contributed by atoms with van der Waals surface area (Å²) in [4.78, 5) is 12.3. The maximum atomic E-state index is 12.3. The van der Waals surface area contributed by atoms with Crippen LogP contribution in [0.15, 0.2) is 24.3 Å². The van der Waals surface area contributed by atoms with Crippen molar-refractivity contribution in [1.29, 1.82) is 0 Å². The predicted molar refractivity (Wildman–Crippen MR) is 106 cm³/mol. The first-order chi connectivity index (χ1) is 12.5. The third-order valence-corrected chi connectivity index (χ3v) is 10.2. The highest BCUT2D eigenvalue weighted by Crippen LogP contribution is 2.39. The van der Waals surface area contributed by atoms with Crippen LogP contribution in [0, 0.1) is 0 Å². The summed E-state index contributed by atoms with van der Waals surface area (Å²) in [6.45, 7) is 10.6. The van der Waals surface area contributed by atoms with Crippen molar-refractivity contribution in [3.05, 3.63) is 29.8 Å². The molecule has 2 N–H and O–H groups in total. The maximum absolute atomic E-state index is 12.3. The largest absolute Gasteiger partial charge is 0.497 e. The normalized spacial score (nSPS) is 26.5. The first-order valence-electron chi connectivity index (χ1n) is 9.35. The van der Waals surface area contributed by atoms with Gasteiger partial charge in [0.25, 0.3) is 0 Å². The van der Waals surface area contributed by atoms with E-state index < -0.39 is 38.7 Å². The number of aliphatic hydroxyl groups is 2. The van der Waals surface area contributed by atoms with Crippen LogP contribution in [-0.2, 0) is 9.16 Å². The molecule has 0 aromatic heterocycles. The summed E-state index contributed by atoms with van der Waals surface area (Å²) in [5.41, 5.74) is 0.372. The van der Waals surface area contributed by atoms with Crippen molar-refractivity contribution >= 4 is 14.3 Å². The number of rotatable bonds is 5. The van der Waals surface area contributed by atoms with E-state index in [0.717, 1.165) is 0 Å². The van der Waals surface area contributed by atoms with E-state index in [2.05, 4.69) is 33.9 Å². The van der Waals surface area contributed by atoms with E-state index in [9.17, 15) is 15.0 Å². The number of aliphatic hydroxyl groups excluding tert-OH is 2. The number of carbonyl (C=O) groups excluding carboxylic acids is 1. The summed E-state index contributed by atoms with van der Waals surface area (Å²) in [5.74, 6) is 0.114. The van der Waals surface area contributed by atoms with Crippen LogP contribution in [0.25, 0.3) is 0 Å². The molecule has 0 unspecified atom stereocenters. The number of hydrogen-bond donors (Lipinski definition) is 2. The minimum absolute atomic E-state index is 0.00928.